The van der Waals surface area contributed by atoms with Crippen molar-refractivity contribution in [2.45, 2.75) is 43.3 Å². The summed E-state index contributed by atoms with van der Waals surface area (Å²) in [6, 6.07) is 6.45. The lowest BCUT2D eigenvalue weighted by molar-refractivity contribution is 0.200. The van der Waals surface area contributed by atoms with E-state index in [4.69, 9.17) is 9.15 Å². The molecule has 3 aromatic heterocycles. The van der Waals surface area contributed by atoms with Crippen LogP contribution in [-0.4, -0.2) is 78.9 Å². The molecule has 1 aromatic carbocycles. The molecule has 0 spiro atoms. The summed E-state index contributed by atoms with van der Waals surface area (Å²) in [6.45, 7) is 1.51. The number of aromatic amines is 1. The van der Waals surface area contributed by atoms with E-state index in [-0.39, 0.29) is 0 Å². The first-order valence-electron chi connectivity index (χ1n) is 13.1. The number of aromatic nitrogens is 5. The second-order valence-electron chi connectivity index (χ2n) is 10.0. The molecule has 4 heterocycles. The van der Waals surface area contributed by atoms with Crippen molar-refractivity contribution in [1.29, 1.82) is 0 Å². The van der Waals surface area contributed by atoms with Crippen LogP contribution in [0.3, 0.4) is 0 Å². The second kappa shape index (κ2) is 10.9. The number of methoxy groups -OCH3 is 1. The lowest BCUT2D eigenvalue weighted by Crippen LogP contribution is -2.42. The Kier molecular flexibility index (Phi) is 7.15. The maximum atomic E-state index is 13.3. The van der Waals surface area contributed by atoms with Gasteiger partial charge in [-0.2, -0.15) is 4.98 Å². The zero-order valence-electron chi connectivity index (χ0n) is 22.3. The highest BCUT2D eigenvalue weighted by atomic mass is 32.2. The van der Waals surface area contributed by atoms with Gasteiger partial charge in [-0.3, -0.25) is 0 Å². The van der Waals surface area contributed by atoms with Crippen molar-refractivity contribution in [2.75, 3.05) is 39.6 Å². The predicted molar refractivity (Wildman–Crippen MR) is 148 cm³/mol. The van der Waals surface area contributed by atoms with Gasteiger partial charge in [-0.15, -0.1) is 5.10 Å². The number of ether oxygens (including phenoxy) is 1. The highest BCUT2D eigenvalue weighted by molar-refractivity contribution is 7.82. The molecule has 6 rings (SSSR count). The molecule has 0 bridgehead atoms. The minimum atomic E-state index is -1.40. The smallest absolute Gasteiger partial charge is 0.247 e. The zero-order chi connectivity index (χ0) is 26.9. The minimum absolute atomic E-state index is 0.348. The quantitative estimate of drug-likeness (QED) is 0.338. The number of anilines is 2. The zero-order valence-corrected chi connectivity index (χ0v) is 23.1. The fourth-order valence-corrected chi connectivity index (χ4v) is 6.60. The fraction of sp³-hybridized carbons (Fsp3) is 0.407. The summed E-state index contributed by atoms with van der Waals surface area (Å²) in [4.78, 5) is 15.5. The van der Waals surface area contributed by atoms with Crippen molar-refractivity contribution in [3.05, 3.63) is 48.0 Å². The van der Waals surface area contributed by atoms with Gasteiger partial charge in [0, 0.05) is 42.5 Å². The lowest BCUT2D eigenvalue weighted by atomic mass is 9.93. The van der Waals surface area contributed by atoms with Crippen LogP contribution in [0.25, 0.3) is 22.6 Å². The number of rotatable bonds is 8. The Morgan fingerprint density at radius 2 is 1.95 bits per heavy atom. The summed E-state index contributed by atoms with van der Waals surface area (Å²) in [5, 5.41) is 11.1. The molecule has 0 amide bonds. The van der Waals surface area contributed by atoms with Crippen molar-refractivity contribution in [1.82, 2.24) is 34.4 Å². The molecule has 4 aromatic rings. The van der Waals surface area contributed by atoms with E-state index >= 15 is 0 Å². The van der Waals surface area contributed by atoms with E-state index < -0.39 is 11.0 Å². The third-order valence-electron chi connectivity index (χ3n) is 7.58. The Labute approximate surface area is 229 Å². The largest absolute Gasteiger partial charge is 0.481 e. The number of oxazole rings is 1. The van der Waals surface area contributed by atoms with Crippen LogP contribution >= 0.6 is 0 Å². The van der Waals surface area contributed by atoms with Crippen LogP contribution < -0.4 is 10.1 Å². The van der Waals surface area contributed by atoms with Crippen LogP contribution in [-0.2, 0) is 23.8 Å². The van der Waals surface area contributed by atoms with Gasteiger partial charge in [0.1, 0.15) is 6.26 Å². The number of hydrogen-bond donors (Lipinski definition) is 2. The van der Waals surface area contributed by atoms with E-state index in [9.17, 15) is 4.21 Å². The first kappa shape index (κ1) is 25.7. The van der Waals surface area contributed by atoms with E-state index in [1.54, 1.807) is 25.8 Å². The molecule has 1 aliphatic heterocycles. The topological polar surface area (TPSA) is 125 Å². The highest BCUT2D eigenvalue weighted by Gasteiger charge is 2.28. The summed E-state index contributed by atoms with van der Waals surface area (Å²) in [7, 11) is 4.39. The van der Waals surface area contributed by atoms with Gasteiger partial charge in [-0.05, 0) is 75.0 Å². The molecule has 1 atom stereocenters. The predicted octanol–water partition coefficient (Wildman–Crippen LogP) is 3.81. The normalized spacial score (nSPS) is 16.9. The van der Waals surface area contributed by atoms with E-state index in [1.165, 1.54) is 11.1 Å². The van der Waals surface area contributed by atoms with Crippen LogP contribution in [0.5, 0.6) is 5.88 Å². The number of fused-ring (bicyclic) bond motifs is 1. The number of benzene rings is 1. The van der Waals surface area contributed by atoms with E-state index in [0.29, 0.717) is 28.9 Å². The summed E-state index contributed by atoms with van der Waals surface area (Å²) in [5.74, 6) is 1.49. The Hall–Kier alpha value is -3.61. The summed E-state index contributed by atoms with van der Waals surface area (Å²) in [5.41, 5.74) is 6.12. The molecule has 1 saturated heterocycles. The van der Waals surface area contributed by atoms with E-state index in [1.807, 2.05) is 16.4 Å². The third kappa shape index (κ3) is 5.07. The average molecular weight is 549 g/mol. The van der Waals surface area contributed by atoms with Crippen molar-refractivity contribution < 1.29 is 13.4 Å². The number of H-pyrrole nitrogens is 1. The van der Waals surface area contributed by atoms with Crippen LogP contribution in [0.2, 0.25) is 0 Å². The van der Waals surface area contributed by atoms with Crippen molar-refractivity contribution >= 4 is 22.6 Å². The molecular formula is C27H32N8O3S. The standard InChI is InChI=1S/C27H32N8O3S/c1-34(2)18-8-12-35(13-9-18)39(36)27-31-26(32-33-27)30-24-20-6-4-5-19(20)22(25-29-11-14-38-25)16-21(24)17-7-10-28-23(15-17)37-3/h7,10-11,14-16,18H,4-6,8-9,12-13H2,1-3H3,(H2,30,31,32,33). The number of nitrogens with one attached hydrogen (secondary N) is 2. The van der Waals surface area contributed by atoms with Gasteiger partial charge in [0.15, 0.2) is 11.0 Å². The minimum Gasteiger partial charge on any atom is -0.481 e. The molecule has 39 heavy (non-hydrogen) atoms. The molecule has 1 aliphatic carbocycles. The van der Waals surface area contributed by atoms with E-state index in [0.717, 1.165) is 67.6 Å². The second-order valence-corrected chi connectivity index (χ2v) is 11.4. The Bertz CT molecular complexity index is 1480. The Morgan fingerprint density at radius 1 is 1.13 bits per heavy atom. The average Bonchev–Trinajstić information content (AvgIpc) is 3.75. The molecule has 0 radical (unpaired) electrons. The van der Waals surface area contributed by atoms with Gasteiger partial charge in [0.2, 0.25) is 22.9 Å². The first-order chi connectivity index (χ1) is 19.0. The monoisotopic (exact) mass is 548 g/mol. The molecule has 2 aliphatic rings. The number of pyridine rings is 1. The third-order valence-corrected chi connectivity index (χ3v) is 8.92. The SMILES string of the molecule is COc1cc(-c2cc(-c3ncco3)c3c(c2Nc2n[nH]c(S(=O)N4CCC(N(C)C)CC4)n2)CCC3)ccn1. The van der Waals surface area contributed by atoms with Crippen molar-refractivity contribution in [3.8, 4) is 28.5 Å². The molecule has 12 heteroatoms. The number of piperidine rings is 1. The summed E-state index contributed by atoms with van der Waals surface area (Å²) >= 11 is 0. The first-order valence-corrected chi connectivity index (χ1v) is 14.2. The van der Waals surface area contributed by atoms with Gasteiger partial charge in [0.25, 0.3) is 0 Å². The van der Waals surface area contributed by atoms with Crippen LogP contribution in [0.1, 0.15) is 30.4 Å². The maximum Gasteiger partial charge on any atom is 0.247 e. The molecule has 1 unspecified atom stereocenters. The number of hydrogen-bond acceptors (Lipinski definition) is 9. The van der Waals surface area contributed by atoms with Gasteiger partial charge >= 0.3 is 0 Å². The molecule has 2 N–H and O–H groups in total. The van der Waals surface area contributed by atoms with Crippen LogP contribution in [0.15, 0.2) is 46.4 Å². The van der Waals surface area contributed by atoms with Crippen molar-refractivity contribution in [2.24, 2.45) is 0 Å². The van der Waals surface area contributed by atoms with E-state index in [2.05, 4.69) is 55.5 Å². The summed E-state index contributed by atoms with van der Waals surface area (Å²) in [6.07, 6.45) is 9.77. The Balaban J connectivity index is 1.34. The lowest BCUT2D eigenvalue weighted by Gasteiger charge is -2.33. The van der Waals surface area contributed by atoms with Gasteiger partial charge in [-0.1, -0.05) is 0 Å². The highest BCUT2D eigenvalue weighted by Crippen LogP contribution is 2.44. The molecule has 0 saturated carbocycles. The molecule has 11 nitrogen and oxygen atoms in total. The summed E-state index contributed by atoms with van der Waals surface area (Å²) < 4.78 is 26.4. The van der Waals surface area contributed by atoms with Crippen LogP contribution in [0.4, 0.5) is 11.6 Å². The van der Waals surface area contributed by atoms with Gasteiger partial charge in [-0.25, -0.2) is 23.6 Å². The van der Waals surface area contributed by atoms with Crippen LogP contribution in [0, 0.1) is 0 Å². The molecular weight excluding hydrogens is 516 g/mol. The van der Waals surface area contributed by atoms with Gasteiger partial charge in [0.05, 0.1) is 19.0 Å². The Morgan fingerprint density at radius 3 is 2.69 bits per heavy atom. The maximum absolute atomic E-state index is 13.3. The number of nitrogens with zero attached hydrogens (tertiary/aromatic N) is 6. The fourth-order valence-electron chi connectivity index (χ4n) is 5.53. The van der Waals surface area contributed by atoms with Gasteiger partial charge < -0.3 is 19.4 Å². The molecule has 204 valence electrons. The van der Waals surface area contributed by atoms with Crippen molar-refractivity contribution in [3.63, 3.8) is 0 Å². The molecule has 1 fully saturated rings.